The molecule has 0 fully saturated rings. The van der Waals surface area contributed by atoms with E-state index in [4.69, 9.17) is 9.84 Å². The summed E-state index contributed by atoms with van der Waals surface area (Å²) >= 11 is 1.46. The molecule has 0 aliphatic rings. The van der Waals surface area contributed by atoms with E-state index in [1.54, 1.807) is 20.2 Å². The molecule has 14 heavy (non-hydrogen) atoms. The second-order valence-electron chi connectivity index (χ2n) is 3.07. The molecule has 1 aromatic rings. The van der Waals surface area contributed by atoms with Crippen LogP contribution < -0.4 is 4.74 Å². The Labute approximate surface area is 86.6 Å². The Morgan fingerprint density at radius 3 is 3.00 bits per heavy atom. The minimum atomic E-state index is -0.749. The maximum absolute atomic E-state index is 10.5. The number of carboxylic acid groups (broad SMARTS) is 1. The van der Waals surface area contributed by atoms with Crippen molar-refractivity contribution in [2.45, 2.75) is 19.8 Å². The maximum Gasteiger partial charge on any atom is 0.306 e. The smallest absolute Gasteiger partial charge is 0.306 e. The van der Waals surface area contributed by atoms with E-state index in [9.17, 15) is 4.79 Å². The van der Waals surface area contributed by atoms with E-state index in [-0.39, 0.29) is 5.92 Å². The summed E-state index contributed by atoms with van der Waals surface area (Å²) in [4.78, 5) is 15.6. The molecule has 1 rings (SSSR count). The van der Waals surface area contributed by atoms with Crippen molar-refractivity contribution in [3.63, 3.8) is 0 Å². The van der Waals surface area contributed by atoms with Crippen molar-refractivity contribution in [1.82, 2.24) is 4.98 Å². The number of rotatable bonds is 5. The molecular weight excluding hydrogens is 202 g/mol. The Morgan fingerprint density at radius 1 is 1.79 bits per heavy atom. The molecule has 1 heterocycles. The van der Waals surface area contributed by atoms with Gasteiger partial charge in [0.25, 0.3) is 5.19 Å². The van der Waals surface area contributed by atoms with Crippen LogP contribution in [0.15, 0.2) is 6.20 Å². The Bertz CT molecular complexity index is 311. The van der Waals surface area contributed by atoms with Gasteiger partial charge in [0, 0.05) is 11.1 Å². The van der Waals surface area contributed by atoms with Gasteiger partial charge in [0.05, 0.1) is 13.0 Å². The molecule has 78 valence electrons. The number of carboxylic acids is 1. The van der Waals surface area contributed by atoms with Crippen LogP contribution in [0, 0.1) is 5.92 Å². The zero-order chi connectivity index (χ0) is 10.6. The minimum absolute atomic E-state index is 0.303. The van der Waals surface area contributed by atoms with E-state index < -0.39 is 5.97 Å². The number of thiazole rings is 1. The molecule has 0 aliphatic heterocycles. The van der Waals surface area contributed by atoms with Crippen LogP contribution in [0.2, 0.25) is 0 Å². The summed E-state index contributed by atoms with van der Waals surface area (Å²) in [5, 5.41) is 9.30. The molecule has 0 radical (unpaired) electrons. The number of nitrogens with zero attached hydrogens (tertiary/aromatic N) is 1. The van der Waals surface area contributed by atoms with Crippen LogP contribution in [-0.2, 0) is 11.2 Å². The lowest BCUT2D eigenvalue weighted by Gasteiger charge is -2.02. The van der Waals surface area contributed by atoms with Crippen LogP contribution in [0.1, 0.15) is 18.2 Å². The van der Waals surface area contributed by atoms with Crippen LogP contribution in [0.3, 0.4) is 0 Å². The van der Waals surface area contributed by atoms with Gasteiger partial charge in [0.1, 0.15) is 0 Å². The SMILES string of the molecule is COc1ncc(CCC(C)C(=O)O)s1. The molecule has 0 saturated heterocycles. The first kappa shape index (κ1) is 11.0. The van der Waals surface area contributed by atoms with Gasteiger partial charge in [0.15, 0.2) is 0 Å². The van der Waals surface area contributed by atoms with Gasteiger partial charge in [-0.15, -0.1) is 0 Å². The number of carbonyl (C=O) groups is 1. The summed E-state index contributed by atoms with van der Waals surface area (Å²) in [6, 6.07) is 0. The fourth-order valence-corrected chi connectivity index (χ4v) is 1.72. The van der Waals surface area contributed by atoms with Crippen LogP contribution in [0.5, 0.6) is 5.19 Å². The number of methoxy groups -OCH3 is 1. The van der Waals surface area contributed by atoms with E-state index in [1.807, 2.05) is 0 Å². The molecule has 0 bridgehead atoms. The van der Waals surface area contributed by atoms with Gasteiger partial charge >= 0.3 is 5.97 Å². The molecule has 4 nitrogen and oxygen atoms in total. The average Bonchev–Trinajstić information content (AvgIpc) is 2.61. The van der Waals surface area contributed by atoms with Gasteiger partial charge in [-0.05, 0) is 12.8 Å². The molecule has 0 aliphatic carbocycles. The Balaban J connectivity index is 2.41. The van der Waals surface area contributed by atoms with Crippen molar-refractivity contribution in [2.24, 2.45) is 5.92 Å². The van der Waals surface area contributed by atoms with Crippen molar-refractivity contribution in [1.29, 1.82) is 0 Å². The summed E-state index contributed by atoms with van der Waals surface area (Å²) < 4.78 is 4.94. The molecule has 1 aromatic heterocycles. The lowest BCUT2D eigenvalue weighted by molar-refractivity contribution is -0.141. The van der Waals surface area contributed by atoms with Gasteiger partial charge in [-0.1, -0.05) is 18.3 Å². The van der Waals surface area contributed by atoms with Gasteiger partial charge in [0.2, 0.25) is 0 Å². The third kappa shape index (κ3) is 2.99. The second kappa shape index (κ2) is 4.95. The first-order chi connectivity index (χ1) is 6.63. The highest BCUT2D eigenvalue weighted by atomic mass is 32.1. The van der Waals surface area contributed by atoms with Crippen molar-refractivity contribution in [3.05, 3.63) is 11.1 Å². The van der Waals surface area contributed by atoms with Crippen LogP contribution in [-0.4, -0.2) is 23.2 Å². The quantitative estimate of drug-likeness (QED) is 0.813. The van der Waals surface area contributed by atoms with Crippen molar-refractivity contribution in [2.75, 3.05) is 7.11 Å². The van der Waals surface area contributed by atoms with E-state index in [2.05, 4.69) is 4.98 Å². The van der Waals surface area contributed by atoms with Gasteiger partial charge in [-0.25, -0.2) is 4.98 Å². The second-order valence-corrected chi connectivity index (χ2v) is 4.15. The van der Waals surface area contributed by atoms with Crippen molar-refractivity contribution >= 4 is 17.3 Å². The lowest BCUT2D eigenvalue weighted by atomic mass is 10.1. The highest BCUT2D eigenvalue weighted by molar-refractivity contribution is 7.13. The molecule has 0 spiro atoms. The fourth-order valence-electron chi connectivity index (χ4n) is 0.982. The van der Waals surface area contributed by atoms with Crippen molar-refractivity contribution in [3.8, 4) is 5.19 Å². The Kier molecular flexibility index (Phi) is 3.88. The summed E-state index contributed by atoms with van der Waals surface area (Å²) in [5.41, 5.74) is 0. The van der Waals surface area contributed by atoms with Crippen LogP contribution in [0.4, 0.5) is 0 Å². The summed E-state index contributed by atoms with van der Waals surface area (Å²) in [5.74, 6) is -1.05. The summed E-state index contributed by atoms with van der Waals surface area (Å²) in [6.07, 6.45) is 3.12. The molecular formula is C9H13NO3S. The van der Waals surface area contributed by atoms with Gasteiger partial charge < -0.3 is 9.84 Å². The van der Waals surface area contributed by atoms with E-state index in [0.717, 1.165) is 11.3 Å². The monoisotopic (exact) mass is 215 g/mol. The maximum atomic E-state index is 10.5. The van der Waals surface area contributed by atoms with Crippen LogP contribution >= 0.6 is 11.3 Å². The van der Waals surface area contributed by atoms with E-state index >= 15 is 0 Å². The number of hydrogen-bond donors (Lipinski definition) is 1. The predicted molar refractivity (Wildman–Crippen MR) is 53.8 cm³/mol. The summed E-state index contributed by atoms with van der Waals surface area (Å²) in [7, 11) is 1.57. The van der Waals surface area contributed by atoms with E-state index in [0.29, 0.717) is 11.6 Å². The normalized spacial score (nSPS) is 12.4. The first-order valence-corrected chi connectivity index (χ1v) is 5.16. The number of aryl methyl sites for hydroxylation is 1. The number of hydrogen-bond acceptors (Lipinski definition) is 4. The third-order valence-electron chi connectivity index (χ3n) is 1.95. The molecule has 1 unspecified atom stereocenters. The Morgan fingerprint density at radius 2 is 2.50 bits per heavy atom. The van der Waals surface area contributed by atoms with E-state index in [1.165, 1.54) is 11.3 Å². The lowest BCUT2D eigenvalue weighted by Crippen LogP contribution is -2.09. The third-order valence-corrected chi connectivity index (χ3v) is 2.97. The number of aliphatic carboxylic acids is 1. The van der Waals surface area contributed by atoms with Crippen LogP contribution in [0.25, 0.3) is 0 Å². The standard InChI is InChI=1S/C9H13NO3S/c1-6(8(11)12)3-4-7-5-10-9(13-2)14-7/h5-6H,3-4H2,1-2H3,(H,11,12). The molecule has 0 aromatic carbocycles. The summed E-state index contributed by atoms with van der Waals surface area (Å²) in [6.45, 7) is 1.71. The molecule has 0 saturated carbocycles. The molecule has 1 atom stereocenters. The number of aromatic nitrogens is 1. The highest BCUT2D eigenvalue weighted by Crippen LogP contribution is 2.22. The zero-order valence-corrected chi connectivity index (χ0v) is 9.00. The largest absolute Gasteiger partial charge is 0.481 e. The number of ether oxygens (including phenoxy) is 1. The minimum Gasteiger partial charge on any atom is -0.481 e. The topological polar surface area (TPSA) is 59.4 Å². The Hall–Kier alpha value is -1.10. The molecule has 5 heteroatoms. The van der Waals surface area contributed by atoms with Crippen molar-refractivity contribution < 1.29 is 14.6 Å². The average molecular weight is 215 g/mol. The van der Waals surface area contributed by atoms with Gasteiger partial charge in [-0.2, -0.15) is 0 Å². The molecule has 0 amide bonds. The fraction of sp³-hybridized carbons (Fsp3) is 0.556. The predicted octanol–water partition coefficient (Wildman–Crippen LogP) is 1.81. The van der Waals surface area contributed by atoms with Gasteiger partial charge in [-0.3, -0.25) is 4.79 Å². The molecule has 1 N–H and O–H groups in total. The zero-order valence-electron chi connectivity index (χ0n) is 8.19. The first-order valence-electron chi connectivity index (χ1n) is 4.35. The highest BCUT2D eigenvalue weighted by Gasteiger charge is 2.11.